The molecule has 30 heavy (non-hydrogen) atoms. The lowest BCUT2D eigenvalue weighted by atomic mass is 10.2. The number of amides is 1. The van der Waals surface area contributed by atoms with Gasteiger partial charge in [-0.15, -0.1) is 0 Å². The quantitative estimate of drug-likeness (QED) is 0.238. The van der Waals surface area contributed by atoms with E-state index in [9.17, 15) is 20.0 Å². The summed E-state index contributed by atoms with van der Waals surface area (Å²) in [7, 11) is 0. The van der Waals surface area contributed by atoms with E-state index in [1.54, 1.807) is 24.3 Å². The van der Waals surface area contributed by atoms with Gasteiger partial charge in [0.2, 0.25) is 0 Å². The van der Waals surface area contributed by atoms with Crippen LogP contribution in [-0.2, 0) is 6.61 Å². The molecule has 0 bridgehead atoms. The minimum atomic E-state index is -0.604. The molecule has 0 saturated carbocycles. The molecule has 9 heteroatoms. The second-order valence-electron chi connectivity index (χ2n) is 6.17. The predicted molar refractivity (Wildman–Crippen MR) is 116 cm³/mol. The van der Waals surface area contributed by atoms with Gasteiger partial charge in [-0.05, 0) is 48.1 Å². The Hall–Kier alpha value is -3.98. The van der Waals surface area contributed by atoms with Crippen LogP contribution in [0.4, 0.5) is 11.4 Å². The molecule has 0 fully saturated rings. The maximum Gasteiger partial charge on any atom is 0.271 e. The number of carbonyl (C=O) groups excluding carboxylic acids is 1. The minimum Gasteiger partial charge on any atom is -0.506 e. The number of hydrogen-bond donors (Lipinski definition) is 3. The van der Waals surface area contributed by atoms with Crippen LogP contribution in [0.5, 0.6) is 11.5 Å². The van der Waals surface area contributed by atoms with Gasteiger partial charge in [-0.25, -0.2) is 0 Å². The summed E-state index contributed by atoms with van der Waals surface area (Å²) in [5.74, 6) is -0.109. The monoisotopic (exact) mass is 423 g/mol. The Balaban J connectivity index is 1.57. The number of nitrogens with one attached hydrogen (secondary N) is 2. The van der Waals surface area contributed by atoms with Crippen molar-refractivity contribution in [1.82, 2.24) is 5.32 Å². The molecule has 0 spiro atoms. The van der Waals surface area contributed by atoms with Crippen molar-refractivity contribution in [2.45, 2.75) is 6.61 Å². The summed E-state index contributed by atoms with van der Waals surface area (Å²) in [6.45, 7) is 0.410. The van der Waals surface area contributed by atoms with Crippen molar-refractivity contribution in [2.75, 3.05) is 5.32 Å². The Labute approximate surface area is 177 Å². The lowest BCUT2D eigenvalue weighted by Crippen LogP contribution is -2.34. The maximum atomic E-state index is 12.3. The van der Waals surface area contributed by atoms with Crippen LogP contribution in [0, 0.1) is 10.1 Å². The highest BCUT2D eigenvalue weighted by molar-refractivity contribution is 7.80. The molecular weight excluding hydrogens is 406 g/mol. The average molecular weight is 423 g/mol. The molecule has 3 N–H and O–H groups in total. The third kappa shape index (κ3) is 5.52. The number of phenolic OH excluding ortho intramolecular Hbond substituents is 1. The van der Waals surface area contributed by atoms with Crippen molar-refractivity contribution in [2.24, 2.45) is 0 Å². The van der Waals surface area contributed by atoms with Crippen LogP contribution in [0.15, 0.2) is 72.8 Å². The first-order valence-corrected chi connectivity index (χ1v) is 9.20. The van der Waals surface area contributed by atoms with Gasteiger partial charge >= 0.3 is 0 Å². The van der Waals surface area contributed by atoms with E-state index in [1.165, 1.54) is 6.07 Å². The Morgan fingerprint density at radius 2 is 1.77 bits per heavy atom. The van der Waals surface area contributed by atoms with E-state index in [0.29, 0.717) is 17.9 Å². The van der Waals surface area contributed by atoms with E-state index in [4.69, 9.17) is 17.0 Å². The molecule has 0 aliphatic carbocycles. The molecule has 8 nitrogen and oxygen atoms in total. The number of anilines is 1. The molecule has 0 unspecified atom stereocenters. The van der Waals surface area contributed by atoms with E-state index in [0.717, 1.165) is 17.7 Å². The summed E-state index contributed by atoms with van der Waals surface area (Å²) in [6, 6.07) is 19.6. The molecule has 0 heterocycles. The number of ether oxygens (including phenoxy) is 1. The van der Waals surface area contributed by atoms with Gasteiger partial charge in [-0.2, -0.15) is 0 Å². The maximum absolute atomic E-state index is 12.3. The van der Waals surface area contributed by atoms with Crippen molar-refractivity contribution < 1.29 is 19.6 Å². The normalized spacial score (nSPS) is 10.1. The molecular formula is C21H17N3O5S. The number of nitro groups is 1. The smallest absolute Gasteiger partial charge is 0.271 e. The third-order valence-corrected chi connectivity index (χ3v) is 4.24. The number of aromatic hydroxyl groups is 1. The molecule has 0 aromatic heterocycles. The van der Waals surface area contributed by atoms with Gasteiger partial charge in [0.05, 0.1) is 10.6 Å². The zero-order valence-corrected chi connectivity index (χ0v) is 16.4. The molecule has 3 aromatic rings. The van der Waals surface area contributed by atoms with Crippen LogP contribution in [0.1, 0.15) is 15.9 Å². The molecule has 152 valence electrons. The summed E-state index contributed by atoms with van der Waals surface area (Å²) in [6.07, 6.45) is 0. The summed E-state index contributed by atoms with van der Waals surface area (Å²) in [5, 5.41) is 25.6. The molecule has 1 amide bonds. The van der Waals surface area contributed by atoms with Crippen molar-refractivity contribution in [3.8, 4) is 11.5 Å². The lowest BCUT2D eigenvalue weighted by Gasteiger charge is -2.11. The van der Waals surface area contributed by atoms with E-state index in [1.807, 2.05) is 30.3 Å². The highest BCUT2D eigenvalue weighted by Gasteiger charge is 2.13. The standard InChI is InChI=1S/C21H17N3O5S/c25-19-11-8-16(24(27)28)12-18(19)22-21(30)23-20(26)15-6-9-17(10-7-15)29-13-14-4-2-1-3-5-14/h1-12,25H,13H2,(H2,22,23,26,30). The van der Waals surface area contributed by atoms with Gasteiger partial charge < -0.3 is 15.2 Å². The van der Waals surface area contributed by atoms with Crippen LogP contribution < -0.4 is 15.4 Å². The zero-order chi connectivity index (χ0) is 21.5. The van der Waals surface area contributed by atoms with E-state index >= 15 is 0 Å². The summed E-state index contributed by atoms with van der Waals surface area (Å²) in [4.78, 5) is 22.6. The Kier molecular flexibility index (Phi) is 6.56. The number of carbonyl (C=O) groups is 1. The number of rotatable bonds is 6. The first-order valence-electron chi connectivity index (χ1n) is 8.79. The summed E-state index contributed by atoms with van der Waals surface area (Å²) < 4.78 is 5.68. The van der Waals surface area contributed by atoms with Gasteiger partial charge in [0.15, 0.2) is 5.11 Å². The Bertz CT molecular complexity index is 1070. The van der Waals surface area contributed by atoms with E-state index in [2.05, 4.69) is 10.6 Å². The minimum absolute atomic E-state index is 0.0131. The van der Waals surface area contributed by atoms with Crippen molar-refractivity contribution in [3.05, 3.63) is 94.0 Å². The second kappa shape index (κ2) is 9.48. The second-order valence-corrected chi connectivity index (χ2v) is 6.57. The zero-order valence-electron chi connectivity index (χ0n) is 15.6. The lowest BCUT2D eigenvalue weighted by molar-refractivity contribution is -0.384. The van der Waals surface area contributed by atoms with Crippen molar-refractivity contribution in [3.63, 3.8) is 0 Å². The summed E-state index contributed by atoms with van der Waals surface area (Å²) >= 11 is 5.05. The van der Waals surface area contributed by atoms with Crippen LogP contribution in [0.3, 0.4) is 0 Å². The average Bonchev–Trinajstić information content (AvgIpc) is 2.74. The third-order valence-electron chi connectivity index (χ3n) is 4.03. The number of non-ortho nitro benzene ring substituents is 1. The van der Waals surface area contributed by atoms with Crippen LogP contribution in [0.25, 0.3) is 0 Å². The van der Waals surface area contributed by atoms with Gasteiger partial charge in [-0.3, -0.25) is 20.2 Å². The molecule has 0 aliphatic rings. The van der Waals surface area contributed by atoms with Gasteiger partial charge in [0, 0.05) is 17.7 Å². The first kappa shape index (κ1) is 20.7. The SMILES string of the molecule is O=C(NC(=S)Nc1cc([N+](=O)[O-])ccc1O)c1ccc(OCc2ccccc2)cc1. The molecule has 3 rings (SSSR count). The number of phenols is 1. The van der Waals surface area contributed by atoms with E-state index < -0.39 is 10.8 Å². The van der Waals surface area contributed by atoms with E-state index in [-0.39, 0.29) is 22.2 Å². The number of benzene rings is 3. The highest BCUT2D eigenvalue weighted by Crippen LogP contribution is 2.27. The van der Waals surface area contributed by atoms with Crippen molar-refractivity contribution >= 4 is 34.6 Å². The number of thiocarbonyl (C=S) groups is 1. The van der Waals surface area contributed by atoms with Gasteiger partial charge in [0.25, 0.3) is 11.6 Å². The van der Waals surface area contributed by atoms with Gasteiger partial charge in [0.1, 0.15) is 18.1 Å². The number of nitrogens with zero attached hydrogens (tertiary/aromatic N) is 1. The topological polar surface area (TPSA) is 114 Å². The predicted octanol–water partition coefficient (Wildman–Crippen LogP) is 4.01. The highest BCUT2D eigenvalue weighted by atomic mass is 32.1. The summed E-state index contributed by atoms with van der Waals surface area (Å²) in [5.41, 5.74) is 1.16. The largest absolute Gasteiger partial charge is 0.506 e. The fourth-order valence-corrected chi connectivity index (χ4v) is 2.71. The van der Waals surface area contributed by atoms with Gasteiger partial charge in [-0.1, -0.05) is 30.3 Å². The fourth-order valence-electron chi connectivity index (χ4n) is 2.51. The van der Waals surface area contributed by atoms with Crippen LogP contribution in [0.2, 0.25) is 0 Å². The molecule has 0 aliphatic heterocycles. The van der Waals surface area contributed by atoms with Crippen LogP contribution >= 0.6 is 12.2 Å². The van der Waals surface area contributed by atoms with Crippen LogP contribution in [-0.4, -0.2) is 21.0 Å². The number of nitro benzene ring substituents is 1. The molecule has 0 atom stereocenters. The molecule has 0 saturated heterocycles. The number of hydrogen-bond acceptors (Lipinski definition) is 6. The Morgan fingerprint density at radius 1 is 1.07 bits per heavy atom. The first-order chi connectivity index (χ1) is 14.4. The molecule has 0 radical (unpaired) electrons. The van der Waals surface area contributed by atoms with Crippen molar-refractivity contribution in [1.29, 1.82) is 0 Å². The fraction of sp³-hybridized carbons (Fsp3) is 0.0476. The molecule has 3 aromatic carbocycles. The Morgan fingerprint density at radius 3 is 2.43 bits per heavy atom.